The summed E-state index contributed by atoms with van der Waals surface area (Å²) in [7, 11) is 0. The van der Waals surface area contributed by atoms with Crippen LogP contribution in [0.3, 0.4) is 0 Å². The number of rotatable bonds is 2. The molecule has 4 heteroatoms. The van der Waals surface area contributed by atoms with Gasteiger partial charge in [0.25, 0.3) is 6.71 Å². The molecule has 2 aromatic heterocycles. The van der Waals surface area contributed by atoms with Crippen LogP contribution in [0.4, 0.5) is 17.1 Å². The van der Waals surface area contributed by atoms with Gasteiger partial charge < -0.3 is 14.0 Å². The van der Waals surface area contributed by atoms with Crippen LogP contribution in [0.25, 0.3) is 55.0 Å². The van der Waals surface area contributed by atoms with Crippen LogP contribution in [0.5, 0.6) is 0 Å². The number of fused-ring (bicyclic) bond motifs is 11. The molecule has 2 aliphatic heterocycles. The third-order valence-corrected chi connectivity index (χ3v) is 12.2. The van der Waals surface area contributed by atoms with Crippen molar-refractivity contribution in [2.24, 2.45) is 0 Å². The van der Waals surface area contributed by atoms with Gasteiger partial charge in [-0.15, -0.1) is 0 Å². The molecule has 0 radical (unpaired) electrons. The lowest BCUT2D eigenvalue weighted by Gasteiger charge is -2.40. The summed E-state index contributed by atoms with van der Waals surface area (Å²) >= 11 is 0. The molecule has 0 atom stereocenters. The van der Waals surface area contributed by atoms with Gasteiger partial charge in [0.15, 0.2) is 0 Å². The minimum Gasteiger partial charge on any atom is -0.311 e. The first kappa shape index (κ1) is 31.5. The Labute approximate surface area is 317 Å². The maximum Gasteiger partial charge on any atom is 0.252 e. The van der Waals surface area contributed by atoms with Gasteiger partial charge >= 0.3 is 0 Å². The summed E-state index contributed by atoms with van der Waals surface area (Å²) in [4.78, 5) is 2.53. The number of anilines is 3. The zero-order valence-corrected chi connectivity index (χ0v) is 31.8. The number of aromatic nitrogens is 2. The first-order chi connectivity index (χ1) is 26.1. The molecule has 0 saturated carbocycles. The lowest BCUT2D eigenvalue weighted by atomic mass is 9.33. The Kier molecular flexibility index (Phi) is 6.30. The summed E-state index contributed by atoms with van der Waals surface area (Å²) in [6, 6.07) is 55.1. The van der Waals surface area contributed by atoms with Gasteiger partial charge in [0, 0.05) is 50.0 Å². The van der Waals surface area contributed by atoms with E-state index in [0.717, 1.165) is 0 Å². The Balaban J connectivity index is 1.28. The lowest BCUT2D eigenvalue weighted by molar-refractivity contribution is 0.590. The molecule has 0 unspecified atom stereocenters. The van der Waals surface area contributed by atoms with Crippen LogP contribution in [-0.4, -0.2) is 15.8 Å². The fourth-order valence-corrected chi connectivity index (χ4v) is 9.55. The smallest absolute Gasteiger partial charge is 0.252 e. The quantitative estimate of drug-likeness (QED) is 0.164. The fraction of sp³-hybridized carbons (Fsp3) is 0.160. The summed E-state index contributed by atoms with van der Waals surface area (Å²) in [5.74, 6) is 0. The van der Waals surface area contributed by atoms with E-state index >= 15 is 0 Å². The number of para-hydroxylation sites is 3. The van der Waals surface area contributed by atoms with Gasteiger partial charge in [-0.2, -0.15) is 0 Å². The van der Waals surface area contributed by atoms with Crippen molar-refractivity contribution in [1.29, 1.82) is 0 Å². The number of nitrogens with zero attached hydrogens (tertiary/aromatic N) is 3. The maximum absolute atomic E-state index is 2.58. The van der Waals surface area contributed by atoms with Crippen molar-refractivity contribution in [1.82, 2.24) is 9.13 Å². The molecule has 11 rings (SSSR count). The fourth-order valence-electron chi connectivity index (χ4n) is 9.55. The van der Waals surface area contributed by atoms with Crippen molar-refractivity contribution in [2.75, 3.05) is 4.90 Å². The Morgan fingerprint density at radius 2 is 1.06 bits per heavy atom. The van der Waals surface area contributed by atoms with E-state index in [0.29, 0.717) is 0 Å². The third kappa shape index (κ3) is 4.25. The van der Waals surface area contributed by atoms with E-state index in [9.17, 15) is 0 Å². The van der Waals surface area contributed by atoms with Gasteiger partial charge in [0.05, 0.1) is 22.1 Å². The standard InChI is InChI=1S/C50H42BN3/c1-49(2,3)31-20-23-34(24-21-31)53-43-26-22-32(50(4,5)6)28-40(43)51-39-17-11-13-19-42(39)54-46-30-45-37(29-38(46)36-25-27-44(53)47(51)48(36)54)35-16-10-12-18-41(35)52(45)33-14-8-7-9-15-33/h7-30H,1-6H3. The van der Waals surface area contributed by atoms with Crippen molar-refractivity contribution in [3.63, 3.8) is 0 Å². The molecule has 9 aromatic rings. The second-order valence-electron chi connectivity index (χ2n) is 17.5. The minimum atomic E-state index is 0.0189. The van der Waals surface area contributed by atoms with Gasteiger partial charge in [-0.25, -0.2) is 0 Å². The summed E-state index contributed by atoms with van der Waals surface area (Å²) in [6.07, 6.45) is 0. The van der Waals surface area contributed by atoms with E-state index in [2.05, 4.69) is 201 Å². The van der Waals surface area contributed by atoms with E-state index in [1.807, 2.05) is 0 Å². The second-order valence-corrected chi connectivity index (χ2v) is 17.5. The van der Waals surface area contributed by atoms with E-state index in [-0.39, 0.29) is 17.5 Å². The highest BCUT2D eigenvalue weighted by Gasteiger charge is 2.42. The van der Waals surface area contributed by atoms with E-state index in [1.54, 1.807) is 0 Å². The molecule has 4 heterocycles. The molecule has 2 aliphatic rings. The zero-order valence-electron chi connectivity index (χ0n) is 31.8. The molecule has 0 spiro atoms. The molecule has 0 amide bonds. The van der Waals surface area contributed by atoms with Crippen LogP contribution in [-0.2, 0) is 10.8 Å². The molecule has 0 aliphatic carbocycles. The average molecular weight is 696 g/mol. The van der Waals surface area contributed by atoms with Gasteiger partial charge in [-0.1, -0.05) is 126 Å². The van der Waals surface area contributed by atoms with Crippen LogP contribution >= 0.6 is 0 Å². The van der Waals surface area contributed by atoms with Crippen LogP contribution in [0, 0.1) is 0 Å². The van der Waals surface area contributed by atoms with E-state index in [1.165, 1.54) is 99.6 Å². The number of benzene rings is 7. The molecule has 0 fully saturated rings. The highest BCUT2D eigenvalue weighted by molar-refractivity contribution is 7.00. The first-order valence-electron chi connectivity index (χ1n) is 19.3. The van der Waals surface area contributed by atoms with Crippen molar-refractivity contribution in [2.45, 2.75) is 52.4 Å². The molecule has 3 nitrogen and oxygen atoms in total. The van der Waals surface area contributed by atoms with Crippen molar-refractivity contribution < 1.29 is 0 Å². The Morgan fingerprint density at radius 1 is 0.407 bits per heavy atom. The summed E-state index contributed by atoms with van der Waals surface area (Å²) in [6.45, 7) is 14.0. The Hall–Kier alpha value is -6.00. The van der Waals surface area contributed by atoms with Crippen LogP contribution in [0.1, 0.15) is 52.7 Å². The zero-order chi connectivity index (χ0) is 36.7. The normalized spacial score (nSPS) is 13.7. The van der Waals surface area contributed by atoms with Gasteiger partial charge in [0.1, 0.15) is 0 Å². The second kappa shape index (κ2) is 10.8. The molecule has 0 saturated heterocycles. The predicted octanol–water partition coefficient (Wildman–Crippen LogP) is 11.1. The van der Waals surface area contributed by atoms with Gasteiger partial charge in [-0.3, -0.25) is 0 Å². The summed E-state index contributed by atoms with van der Waals surface area (Å²) in [5, 5.41) is 5.16. The molecular formula is C50H42BN3. The van der Waals surface area contributed by atoms with Crippen LogP contribution in [0.2, 0.25) is 0 Å². The third-order valence-electron chi connectivity index (χ3n) is 12.2. The largest absolute Gasteiger partial charge is 0.311 e. The predicted molar refractivity (Wildman–Crippen MR) is 232 cm³/mol. The summed E-state index contributed by atoms with van der Waals surface area (Å²) < 4.78 is 5.02. The number of hydrogen-bond donors (Lipinski definition) is 0. The molecular weight excluding hydrogens is 653 g/mol. The van der Waals surface area contributed by atoms with Crippen molar-refractivity contribution in [3.05, 3.63) is 157 Å². The number of hydrogen-bond acceptors (Lipinski definition) is 1. The molecule has 7 aromatic carbocycles. The molecule has 54 heavy (non-hydrogen) atoms. The monoisotopic (exact) mass is 695 g/mol. The lowest BCUT2D eigenvalue weighted by Crippen LogP contribution is -2.60. The van der Waals surface area contributed by atoms with Crippen molar-refractivity contribution >= 4 is 83.8 Å². The average Bonchev–Trinajstić information content (AvgIpc) is 3.68. The Morgan fingerprint density at radius 3 is 1.83 bits per heavy atom. The maximum atomic E-state index is 2.58. The Bertz CT molecular complexity index is 3000. The van der Waals surface area contributed by atoms with Crippen LogP contribution in [0.15, 0.2) is 146 Å². The molecule has 0 bridgehead atoms. The van der Waals surface area contributed by atoms with Crippen LogP contribution < -0.4 is 21.3 Å². The molecule has 260 valence electrons. The highest BCUT2D eigenvalue weighted by Crippen LogP contribution is 2.45. The van der Waals surface area contributed by atoms with Gasteiger partial charge in [-0.05, 0) is 99.0 Å². The minimum absolute atomic E-state index is 0.0189. The topological polar surface area (TPSA) is 13.1 Å². The van der Waals surface area contributed by atoms with E-state index in [4.69, 9.17) is 0 Å². The molecule has 0 N–H and O–H groups in total. The highest BCUT2D eigenvalue weighted by atomic mass is 15.2. The van der Waals surface area contributed by atoms with Crippen molar-refractivity contribution in [3.8, 4) is 11.4 Å². The van der Waals surface area contributed by atoms with Gasteiger partial charge in [0.2, 0.25) is 0 Å². The first-order valence-corrected chi connectivity index (χ1v) is 19.3. The van der Waals surface area contributed by atoms with E-state index < -0.39 is 0 Å². The summed E-state index contributed by atoms with van der Waals surface area (Å²) in [5.41, 5.74) is 18.1. The SMILES string of the molecule is CC(C)(C)c1ccc(N2c3ccc(C(C)(C)C)cc3B3c4ccccc4-n4c5cc6c(cc5c5ccc2c3c54)c2ccccc2n6-c2ccccc2)cc1.